The van der Waals surface area contributed by atoms with Gasteiger partial charge in [-0.15, -0.1) is 0 Å². The summed E-state index contributed by atoms with van der Waals surface area (Å²) in [6, 6.07) is 14.7. The highest BCUT2D eigenvalue weighted by atomic mass is 19.1. The van der Waals surface area contributed by atoms with E-state index in [1.807, 2.05) is 37.3 Å². The van der Waals surface area contributed by atoms with E-state index in [2.05, 4.69) is 20.9 Å². The summed E-state index contributed by atoms with van der Waals surface area (Å²) in [6.45, 7) is 3.33. The Kier molecular flexibility index (Phi) is 6.86. The second-order valence-electron chi connectivity index (χ2n) is 7.57. The number of anilines is 1. The Morgan fingerprint density at radius 3 is 2.52 bits per heavy atom. The van der Waals surface area contributed by atoms with Crippen molar-refractivity contribution in [2.75, 3.05) is 18.9 Å². The summed E-state index contributed by atoms with van der Waals surface area (Å²) in [4.78, 5) is 15.9. The van der Waals surface area contributed by atoms with E-state index in [1.165, 1.54) is 6.07 Å². The monoisotopic (exact) mass is 396 g/mol. The SMILES string of the molecule is CCCC(=O)Nc1ccc(CNC(=NC)NCC2(c3cccc(F)c3)CC2)cc1. The fourth-order valence-electron chi connectivity index (χ4n) is 3.35. The predicted octanol–water partition coefficient (Wildman–Crippen LogP) is 3.96. The second-order valence-corrected chi connectivity index (χ2v) is 7.57. The van der Waals surface area contributed by atoms with Gasteiger partial charge in [0.05, 0.1) is 0 Å². The molecular formula is C23H29FN4O. The zero-order chi connectivity index (χ0) is 20.7. The van der Waals surface area contributed by atoms with Crippen molar-refractivity contribution in [3.8, 4) is 0 Å². The third kappa shape index (κ3) is 5.79. The fourth-order valence-corrected chi connectivity index (χ4v) is 3.35. The molecule has 0 spiro atoms. The normalized spacial score (nSPS) is 14.9. The molecule has 6 heteroatoms. The van der Waals surface area contributed by atoms with Crippen molar-refractivity contribution in [1.29, 1.82) is 0 Å². The zero-order valence-corrected chi connectivity index (χ0v) is 17.1. The van der Waals surface area contributed by atoms with Gasteiger partial charge < -0.3 is 16.0 Å². The average molecular weight is 397 g/mol. The van der Waals surface area contributed by atoms with Crippen LogP contribution < -0.4 is 16.0 Å². The first kappa shape index (κ1) is 20.8. The molecule has 0 heterocycles. The molecule has 2 aromatic rings. The molecule has 1 aliphatic rings. The first-order chi connectivity index (χ1) is 14.0. The minimum absolute atomic E-state index is 0.00192. The molecule has 0 saturated heterocycles. The lowest BCUT2D eigenvalue weighted by atomic mass is 9.96. The van der Waals surface area contributed by atoms with Crippen LogP contribution in [0.1, 0.15) is 43.7 Å². The van der Waals surface area contributed by atoms with Crippen LogP contribution in [0.3, 0.4) is 0 Å². The summed E-state index contributed by atoms with van der Waals surface area (Å²) in [6.07, 6.45) is 3.46. The molecule has 3 rings (SSSR count). The van der Waals surface area contributed by atoms with Crippen molar-refractivity contribution in [1.82, 2.24) is 10.6 Å². The summed E-state index contributed by atoms with van der Waals surface area (Å²) >= 11 is 0. The maximum absolute atomic E-state index is 13.6. The highest BCUT2D eigenvalue weighted by Crippen LogP contribution is 2.47. The Morgan fingerprint density at radius 2 is 1.90 bits per heavy atom. The van der Waals surface area contributed by atoms with Crippen LogP contribution in [-0.4, -0.2) is 25.5 Å². The molecule has 154 valence electrons. The highest BCUT2D eigenvalue weighted by Gasteiger charge is 2.44. The van der Waals surface area contributed by atoms with Crippen molar-refractivity contribution >= 4 is 17.6 Å². The molecule has 3 N–H and O–H groups in total. The first-order valence-electron chi connectivity index (χ1n) is 10.1. The van der Waals surface area contributed by atoms with Gasteiger partial charge in [0.15, 0.2) is 5.96 Å². The van der Waals surface area contributed by atoms with Crippen molar-refractivity contribution in [2.45, 2.75) is 44.6 Å². The van der Waals surface area contributed by atoms with Gasteiger partial charge in [-0.25, -0.2) is 4.39 Å². The lowest BCUT2D eigenvalue weighted by Crippen LogP contribution is -2.40. The van der Waals surface area contributed by atoms with Crippen LogP contribution in [0, 0.1) is 5.82 Å². The number of halogens is 1. The molecule has 29 heavy (non-hydrogen) atoms. The van der Waals surface area contributed by atoms with E-state index in [0.29, 0.717) is 18.9 Å². The van der Waals surface area contributed by atoms with E-state index in [9.17, 15) is 9.18 Å². The van der Waals surface area contributed by atoms with Crippen LogP contribution in [0.25, 0.3) is 0 Å². The van der Waals surface area contributed by atoms with Crippen molar-refractivity contribution in [2.24, 2.45) is 4.99 Å². The van der Waals surface area contributed by atoms with Gasteiger partial charge in [-0.1, -0.05) is 31.2 Å². The van der Waals surface area contributed by atoms with Crippen molar-refractivity contribution < 1.29 is 9.18 Å². The largest absolute Gasteiger partial charge is 0.356 e. The van der Waals surface area contributed by atoms with Crippen molar-refractivity contribution in [3.05, 3.63) is 65.5 Å². The topological polar surface area (TPSA) is 65.5 Å². The summed E-state index contributed by atoms with van der Waals surface area (Å²) < 4.78 is 13.6. The zero-order valence-electron chi connectivity index (χ0n) is 17.1. The Hall–Kier alpha value is -2.89. The van der Waals surface area contributed by atoms with Gasteiger partial charge in [-0.2, -0.15) is 0 Å². The van der Waals surface area contributed by atoms with Gasteiger partial charge >= 0.3 is 0 Å². The van der Waals surface area contributed by atoms with Gasteiger partial charge in [0, 0.05) is 37.7 Å². The van der Waals surface area contributed by atoms with E-state index >= 15 is 0 Å². The first-order valence-corrected chi connectivity index (χ1v) is 10.1. The second kappa shape index (κ2) is 9.54. The number of rotatable bonds is 8. The van der Waals surface area contributed by atoms with Gasteiger partial charge in [0.25, 0.3) is 0 Å². The number of hydrogen-bond acceptors (Lipinski definition) is 2. The maximum Gasteiger partial charge on any atom is 0.224 e. The molecule has 2 aromatic carbocycles. The van der Waals surface area contributed by atoms with Crippen LogP contribution >= 0.6 is 0 Å². The van der Waals surface area contributed by atoms with Crippen LogP contribution in [0.4, 0.5) is 10.1 Å². The number of benzene rings is 2. The minimum Gasteiger partial charge on any atom is -0.356 e. The Bertz CT molecular complexity index is 859. The molecular weight excluding hydrogens is 367 g/mol. The van der Waals surface area contributed by atoms with E-state index in [4.69, 9.17) is 0 Å². The third-order valence-electron chi connectivity index (χ3n) is 5.28. The molecule has 1 fully saturated rings. The molecule has 0 aromatic heterocycles. The molecule has 1 aliphatic carbocycles. The molecule has 1 amide bonds. The Morgan fingerprint density at radius 1 is 1.14 bits per heavy atom. The number of carbonyl (C=O) groups excluding carboxylic acids is 1. The highest BCUT2D eigenvalue weighted by molar-refractivity contribution is 5.90. The van der Waals surface area contributed by atoms with E-state index in [0.717, 1.165) is 42.6 Å². The molecule has 0 bridgehead atoms. The predicted molar refractivity (Wildman–Crippen MR) is 115 cm³/mol. The number of hydrogen-bond donors (Lipinski definition) is 3. The Labute approximate surface area is 171 Å². The van der Waals surface area contributed by atoms with Crippen LogP contribution in [0.2, 0.25) is 0 Å². The van der Waals surface area contributed by atoms with Gasteiger partial charge in [0.1, 0.15) is 5.82 Å². The third-order valence-corrected chi connectivity index (χ3v) is 5.28. The van der Waals surface area contributed by atoms with E-state index in [1.54, 1.807) is 19.2 Å². The summed E-state index contributed by atoms with van der Waals surface area (Å²) in [5.74, 6) is 0.564. The fraction of sp³-hybridized carbons (Fsp3) is 0.391. The molecule has 0 aliphatic heterocycles. The Balaban J connectivity index is 1.49. The quantitative estimate of drug-likeness (QED) is 0.467. The van der Waals surface area contributed by atoms with Crippen LogP contribution in [-0.2, 0) is 16.8 Å². The molecule has 0 radical (unpaired) electrons. The maximum atomic E-state index is 13.6. The number of nitrogens with one attached hydrogen (secondary N) is 3. The van der Waals surface area contributed by atoms with E-state index in [-0.39, 0.29) is 17.1 Å². The van der Waals surface area contributed by atoms with Gasteiger partial charge in [-0.05, 0) is 54.7 Å². The number of nitrogens with zero attached hydrogens (tertiary/aromatic N) is 1. The summed E-state index contributed by atoms with van der Waals surface area (Å²) in [7, 11) is 1.74. The minimum atomic E-state index is -0.189. The van der Waals surface area contributed by atoms with Crippen LogP contribution in [0.15, 0.2) is 53.5 Å². The number of carbonyl (C=O) groups is 1. The molecule has 0 unspecified atom stereocenters. The molecule has 5 nitrogen and oxygen atoms in total. The number of guanidine groups is 1. The van der Waals surface area contributed by atoms with Gasteiger partial charge in [-0.3, -0.25) is 9.79 Å². The summed E-state index contributed by atoms with van der Waals surface area (Å²) in [5.41, 5.74) is 2.94. The lowest BCUT2D eigenvalue weighted by Gasteiger charge is -2.19. The number of aliphatic imine (C=N–C) groups is 1. The van der Waals surface area contributed by atoms with E-state index < -0.39 is 0 Å². The number of amides is 1. The molecule has 1 saturated carbocycles. The van der Waals surface area contributed by atoms with Crippen LogP contribution in [0.5, 0.6) is 0 Å². The smallest absolute Gasteiger partial charge is 0.224 e. The molecule has 0 atom stereocenters. The standard InChI is InChI=1S/C23H29FN4O/c1-3-5-21(29)28-20-10-8-17(9-11-20)15-26-22(25-2)27-16-23(12-13-23)18-6-4-7-19(24)14-18/h4,6-11,14H,3,5,12-13,15-16H2,1-2H3,(H,28,29)(H2,25,26,27). The van der Waals surface area contributed by atoms with Gasteiger partial charge in [0.2, 0.25) is 5.91 Å². The van der Waals surface area contributed by atoms with Crippen molar-refractivity contribution in [3.63, 3.8) is 0 Å². The average Bonchev–Trinajstić information content (AvgIpc) is 3.51. The lowest BCUT2D eigenvalue weighted by molar-refractivity contribution is -0.116. The summed E-state index contributed by atoms with van der Waals surface area (Å²) in [5, 5.41) is 9.57.